The van der Waals surface area contributed by atoms with E-state index in [1.165, 1.54) is 12.8 Å². The van der Waals surface area contributed by atoms with Crippen LogP contribution < -0.4 is 0 Å². The maximum absolute atomic E-state index is 11.3. The van der Waals surface area contributed by atoms with Crippen LogP contribution in [0.1, 0.15) is 52.4 Å². The van der Waals surface area contributed by atoms with Gasteiger partial charge in [-0.15, -0.1) is 0 Å². The number of esters is 1. The van der Waals surface area contributed by atoms with E-state index in [0.29, 0.717) is 13.2 Å². The monoisotopic (exact) mass is 228 g/mol. The summed E-state index contributed by atoms with van der Waals surface area (Å²) >= 11 is 0. The molecular weight excluding hydrogens is 204 g/mol. The van der Waals surface area contributed by atoms with Crippen LogP contribution in [-0.2, 0) is 14.3 Å². The van der Waals surface area contributed by atoms with Gasteiger partial charge in [-0.3, -0.25) is 0 Å². The molecule has 16 heavy (non-hydrogen) atoms. The molecule has 3 nitrogen and oxygen atoms in total. The van der Waals surface area contributed by atoms with E-state index in [0.717, 1.165) is 25.7 Å². The third-order valence-corrected chi connectivity index (χ3v) is 2.23. The number of carbonyl (C=O) groups is 1. The van der Waals surface area contributed by atoms with E-state index < -0.39 is 5.97 Å². The molecule has 0 saturated carbocycles. The SMILES string of the molecule is C=C(OCCCCCC)C(=O)OCCCC. The average molecular weight is 228 g/mol. The molecule has 0 rings (SSSR count). The first kappa shape index (κ1) is 15.0. The molecule has 0 bridgehead atoms. The molecule has 0 aliphatic heterocycles. The highest BCUT2D eigenvalue weighted by atomic mass is 16.6. The van der Waals surface area contributed by atoms with Gasteiger partial charge in [0.2, 0.25) is 0 Å². The van der Waals surface area contributed by atoms with E-state index in [-0.39, 0.29) is 5.76 Å². The largest absolute Gasteiger partial charge is 0.487 e. The predicted octanol–water partition coefficient (Wildman–Crippen LogP) is 3.44. The molecule has 94 valence electrons. The van der Waals surface area contributed by atoms with Crippen LogP contribution in [0.25, 0.3) is 0 Å². The molecule has 0 aliphatic carbocycles. The van der Waals surface area contributed by atoms with Gasteiger partial charge in [-0.25, -0.2) is 4.79 Å². The average Bonchev–Trinajstić information content (AvgIpc) is 2.28. The summed E-state index contributed by atoms with van der Waals surface area (Å²) < 4.78 is 10.2. The van der Waals surface area contributed by atoms with Crippen LogP contribution in [0.2, 0.25) is 0 Å². The minimum absolute atomic E-state index is 0.132. The van der Waals surface area contributed by atoms with Crippen LogP contribution in [0.15, 0.2) is 12.3 Å². The van der Waals surface area contributed by atoms with Crippen LogP contribution in [0.5, 0.6) is 0 Å². The molecule has 3 heteroatoms. The van der Waals surface area contributed by atoms with Crippen LogP contribution >= 0.6 is 0 Å². The highest BCUT2D eigenvalue weighted by Gasteiger charge is 2.08. The normalized spacial score (nSPS) is 9.88. The fourth-order valence-electron chi connectivity index (χ4n) is 1.17. The summed E-state index contributed by atoms with van der Waals surface area (Å²) in [6.07, 6.45) is 6.40. The zero-order valence-corrected chi connectivity index (χ0v) is 10.6. The van der Waals surface area contributed by atoms with Crippen LogP contribution in [0, 0.1) is 0 Å². The first-order valence-electron chi connectivity index (χ1n) is 6.21. The Bertz CT molecular complexity index is 199. The van der Waals surface area contributed by atoms with E-state index in [1.807, 2.05) is 6.92 Å². The molecule has 0 unspecified atom stereocenters. The Balaban J connectivity index is 3.44. The van der Waals surface area contributed by atoms with Gasteiger partial charge in [-0.1, -0.05) is 39.5 Å². The first-order valence-corrected chi connectivity index (χ1v) is 6.21. The summed E-state index contributed by atoms with van der Waals surface area (Å²) in [4.78, 5) is 11.3. The Morgan fingerprint density at radius 2 is 1.56 bits per heavy atom. The van der Waals surface area contributed by atoms with Crippen LogP contribution in [0.4, 0.5) is 0 Å². The van der Waals surface area contributed by atoms with Gasteiger partial charge in [-0.2, -0.15) is 0 Å². The third-order valence-electron chi connectivity index (χ3n) is 2.23. The fourth-order valence-corrected chi connectivity index (χ4v) is 1.17. The summed E-state index contributed by atoms with van der Waals surface area (Å²) in [5.41, 5.74) is 0. The van der Waals surface area contributed by atoms with Gasteiger partial charge in [0.1, 0.15) is 0 Å². The van der Waals surface area contributed by atoms with Gasteiger partial charge in [0.05, 0.1) is 13.2 Å². The Hall–Kier alpha value is -0.990. The lowest BCUT2D eigenvalue weighted by atomic mass is 10.2. The topological polar surface area (TPSA) is 35.5 Å². The standard InChI is InChI=1S/C13H24O3/c1-4-6-8-9-11-15-12(3)13(14)16-10-7-5-2/h3-11H2,1-2H3. The smallest absolute Gasteiger partial charge is 0.372 e. The van der Waals surface area contributed by atoms with Gasteiger partial charge in [0.15, 0.2) is 5.76 Å². The summed E-state index contributed by atoms with van der Waals surface area (Å²) in [6.45, 7) is 8.77. The molecule has 0 radical (unpaired) electrons. The molecule has 0 aromatic heterocycles. The second-order valence-corrected chi connectivity index (χ2v) is 3.82. The number of hydrogen-bond donors (Lipinski definition) is 0. The van der Waals surface area contributed by atoms with Gasteiger partial charge >= 0.3 is 5.97 Å². The molecule has 0 fully saturated rings. The van der Waals surface area contributed by atoms with Crippen molar-refractivity contribution >= 4 is 5.97 Å². The predicted molar refractivity (Wildman–Crippen MR) is 65.1 cm³/mol. The van der Waals surface area contributed by atoms with Crippen molar-refractivity contribution in [2.75, 3.05) is 13.2 Å². The Morgan fingerprint density at radius 3 is 2.19 bits per heavy atom. The minimum Gasteiger partial charge on any atom is -0.487 e. The van der Waals surface area contributed by atoms with E-state index in [2.05, 4.69) is 13.5 Å². The van der Waals surface area contributed by atoms with Crippen molar-refractivity contribution in [3.63, 3.8) is 0 Å². The van der Waals surface area contributed by atoms with E-state index in [9.17, 15) is 4.79 Å². The molecule has 0 amide bonds. The van der Waals surface area contributed by atoms with Gasteiger partial charge in [0, 0.05) is 0 Å². The Kier molecular flexibility index (Phi) is 9.87. The van der Waals surface area contributed by atoms with Crippen molar-refractivity contribution in [3.05, 3.63) is 12.3 Å². The lowest BCUT2D eigenvalue weighted by Crippen LogP contribution is -2.11. The van der Waals surface area contributed by atoms with E-state index in [4.69, 9.17) is 9.47 Å². The zero-order valence-electron chi connectivity index (χ0n) is 10.6. The summed E-state index contributed by atoms with van der Waals surface area (Å²) in [7, 11) is 0. The quantitative estimate of drug-likeness (QED) is 0.249. The molecule has 0 aromatic carbocycles. The molecule has 0 N–H and O–H groups in total. The molecule has 0 atom stereocenters. The number of rotatable bonds is 10. The van der Waals surface area contributed by atoms with E-state index >= 15 is 0 Å². The number of hydrogen-bond acceptors (Lipinski definition) is 3. The van der Waals surface area contributed by atoms with Gasteiger partial charge in [0.25, 0.3) is 0 Å². The molecule has 0 heterocycles. The highest BCUT2D eigenvalue weighted by Crippen LogP contribution is 2.03. The Labute approximate surface area is 98.8 Å². The number of carbonyl (C=O) groups excluding carboxylic acids is 1. The lowest BCUT2D eigenvalue weighted by molar-refractivity contribution is -0.143. The first-order chi connectivity index (χ1) is 7.72. The summed E-state index contributed by atoms with van der Waals surface area (Å²) in [5.74, 6) is -0.295. The zero-order chi connectivity index (χ0) is 12.2. The van der Waals surface area contributed by atoms with Crippen molar-refractivity contribution in [2.45, 2.75) is 52.4 Å². The Morgan fingerprint density at radius 1 is 0.938 bits per heavy atom. The van der Waals surface area contributed by atoms with Crippen molar-refractivity contribution in [3.8, 4) is 0 Å². The van der Waals surface area contributed by atoms with Crippen molar-refractivity contribution in [2.24, 2.45) is 0 Å². The maximum Gasteiger partial charge on any atom is 0.372 e. The highest BCUT2D eigenvalue weighted by molar-refractivity contribution is 5.85. The summed E-state index contributed by atoms with van der Waals surface area (Å²) in [6, 6.07) is 0. The molecule has 0 saturated heterocycles. The van der Waals surface area contributed by atoms with Crippen molar-refractivity contribution in [1.82, 2.24) is 0 Å². The number of ether oxygens (including phenoxy) is 2. The lowest BCUT2D eigenvalue weighted by Gasteiger charge is -2.08. The molecular formula is C13H24O3. The second kappa shape index (κ2) is 10.5. The van der Waals surface area contributed by atoms with Crippen LogP contribution in [0.3, 0.4) is 0 Å². The van der Waals surface area contributed by atoms with Gasteiger partial charge < -0.3 is 9.47 Å². The van der Waals surface area contributed by atoms with Crippen LogP contribution in [-0.4, -0.2) is 19.2 Å². The molecule has 0 aliphatic rings. The fraction of sp³-hybridized carbons (Fsp3) is 0.769. The molecule has 0 spiro atoms. The maximum atomic E-state index is 11.3. The minimum atomic E-state index is -0.427. The third kappa shape index (κ3) is 8.33. The molecule has 0 aromatic rings. The van der Waals surface area contributed by atoms with Crippen molar-refractivity contribution in [1.29, 1.82) is 0 Å². The van der Waals surface area contributed by atoms with Crippen molar-refractivity contribution < 1.29 is 14.3 Å². The van der Waals surface area contributed by atoms with Gasteiger partial charge in [-0.05, 0) is 19.4 Å². The second-order valence-electron chi connectivity index (χ2n) is 3.82. The summed E-state index contributed by atoms with van der Waals surface area (Å²) in [5, 5.41) is 0. The number of unbranched alkanes of at least 4 members (excludes halogenated alkanes) is 4. The van der Waals surface area contributed by atoms with E-state index in [1.54, 1.807) is 0 Å².